The Hall–Kier alpha value is -3.28. The van der Waals surface area contributed by atoms with Crippen LogP contribution in [0.2, 0.25) is 0 Å². The van der Waals surface area contributed by atoms with Crippen LogP contribution >= 0.6 is 11.3 Å². The molecule has 1 saturated heterocycles. The molecule has 1 aromatic carbocycles. The topological polar surface area (TPSA) is 100 Å². The summed E-state index contributed by atoms with van der Waals surface area (Å²) in [5, 5.41) is 5.11. The second-order valence-electron chi connectivity index (χ2n) is 7.31. The average molecular weight is 464 g/mol. The molecule has 3 aromatic rings. The molecule has 2 amide bonds. The van der Waals surface area contributed by atoms with E-state index < -0.39 is 24.7 Å². The summed E-state index contributed by atoms with van der Waals surface area (Å²) in [4.78, 5) is 38.5. The highest BCUT2D eigenvalue weighted by Crippen LogP contribution is 2.31. The molecule has 1 atom stereocenters. The van der Waals surface area contributed by atoms with Crippen molar-refractivity contribution in [1.82, 2.24) is 20.3 Å². The lowest BCUT2D eigenvalue weighted by atomic mass is 10.2. The number of thiazole rings is 1. The van der Waals surface area contributed by atoms with E-state index in [2.05, 4.69) is 20.3 Å². The van der Waals surface area contributed by atoms with Crippen LogP contribution in [0.5, 0.6) is 0 Å². The van der Waals surface area contributed by atoms with Crippen LogP contribution < -0.4 is 15.5 Å². The van der Waals surface area contributed by atoms with Crippen LogP contribution in [0.1, 0.15) is 19.8 Å². The zero-order valence-corrected chi connectivity index (χ0v) is 17.8. The third-order valence-corrected chi connectivity index (χ3v) is 5.82. The molecule has 2 N–H and O–H groups in total. The van der Waals surface area contributed by atoms with Crippen molar-refractivity contribution in [3.63, 3.8) is 0 Å². The summed E-state index contributed by atoms with van der Waals surface area (Å²) in [7, 11) is 0. The summed E-state index contributed by atoms with van der Waals surface area (Å²) < 4.78 is 38.2. The first-order chi connectivity index (χ1) is 15.2. The van der Waals surface area contributed by atoms with E-state index >= 15 is 0 Å². The number of hydrogen-bond donors (Lipinski definition) is 2. The van der Waals surface area contributed by atoms with E-state index in [9.17, 15) is 22.8 Å². The molecule has 2 aromatic heterocycles. The van der Waals surface area contributed by atoms with Crippen LogP contribution in [0.15, 0.2) is 30.5 Å². The summed E-state index contributed by atoms with van der Waals surface area (Å²) in [5.41, 5.74) is 1.44. The number of rotatable bonds is 5. The van der Waals surface area contributed by atoms with E-state index in [4.69, 9.17) is 0 Å². The SMILES string of the molecule is CC(=O)Nc1nc2ccc(-c3nccc(N4CCC[C@@H]4C(=O)NCC(F)(F)F)n3)cc2s1. The van der Waals surface area contributed by atoms with Crippen LogP contribution in [0.4, 0.5) is 24.1 Å². The van der Waals surface area contributed by atoms with Gasteiger partial charge in [0.25, 0.3) is 0 Å². The largest absolute Gasteiger partial charge is 0.405 e. The van der Waals surface area contributed by atoms with Crippen LogP contribution in [-0.2, 0) is 9.59 Å². The molecule has 1 fully saturated rings. The number of hydrogen-bond acceptors (Lipinski definition) is 7. The summed E-state index contributed by atoms with van der Waals surface area (Å²) >= 11 is 1.32. The van der Waals surface area contributed by atoms with Gasteiger partial charge in [-0.25, -0.2) is 15.0 Å². The molecule has 1 aliphatic rings. The number of fused-ring (bicyclic) bond motifs is 1. The van der Waals surface area contributed by atoms with Crippen molar-refractivity contribution < 1.29 is 22.8 Å². The van der Waals surface area contributed by atoms with Crippen molar-refractivity contribution in [2.24, 2.45) is 0 Å². The molecule has 1 aliphatic heterocycles. The molecular formula is C20H19F3N6O2S. The predicted octanol–water partition coefficient (Wildman–Crippen LogP) is 3.36. The number of nitrogens with one attached hydrogen (secondary N) is 2. The van der Waals surface area contributed by atoms with Gasteiger partial charge in [0.1, 0.15) is 18.4 Å². The van der Waals surface area contributed by atoms with Crippen molar-refractivity contribution in [3.8, 4) is 11.4 Å². The Labute approximate surface area is 184 Å². The lowest BCUT2D eigenvalue weighted by Gasteiger charge is -2.25. The number of amides is 2. The first-order valence-corrected chi connectivity index (χ1v) is 10.6. The van der Waals surface area contributed by atoms with E-state index in [1.165, 1.54) is 18.3 Å². The fraction of sp³-hybridized carbons (Fsp3) is 0.350. The third-order valence-electron chi connectivity index (χ3n) is 4.88. The van der Waals surface area contributed by atoms with Gasteiger partial charge in [-0.1, -0.05) is 11.3 Å². The van der Waals surface area contributed by atoms with Gasteiger partial charge in [0.15, 0.2) is 11.0 Å². The number of nitrogens with zero attached hydrogens (tertiary/aromatic N) is 4. The van der Waals surface area contributed by atoms with Crippen molar-refractivity contribution in [2.45, 2.75) is 32.0 Å². The summed E-state index contributed by atoms with van der Waals surface area (Å²) in [5.74, 6) is 0.0135. The smallest absolute Gasteiger partial charge is 0.345 e. The van der Waals surface area contributed by atoms with Crippen LogP contribution in [-0.4, -0.2) is 52.1 Å². The molecule has 0 spiro atoms. The minimum atomic E-state index is -4.46. The van der Waals surface area contributed by atoms with Gasteiger partial charge in [-0.05, 0) is 37.1 Å². The maximum absolute atomic E-state index is 12.5. The number of alkyl halides is 3. The molecule has 0 aliphatic carbocycles. The number of benzene rings is 1. The van der Waals surface area contributed by atoms with Gasteiger partial charge in [0.2, 0.25) is 11.8 Å². The van der Waals surface area contributed by atoms with Gasteiger partial charge >= 0.3 is 6.18 Å². The van der Waals surface area contributed by atoms with Gasteiger partial charge < -0.3 is 15.5 Å². The quantitative estimate of drug-likeness (QED) is 0.601. The van der Waals surface area contributed by atoms with Gasteiger partial charge in [-0.3, -0.25) is 9.59 Å². The third kappa shape index (κ3) is 4.96. The van der Waals surface area contributed by atoms with Gasteiger partial charge in [0, 0.05) is 25.2 Å². The highest BCUT2D eigenvalue weighted by Gasteiger charge is 2.34. The number of halogens is 3. The normalized spacial score (nSPS) is 16.4. The molecule has 0 radical (unpaired) electrons. The standard InChI is InChI=1S/C20H19F3N6O2S/c1-11(30)26-19-27-13-5-4-12(9-15(13)32-19)17-24-7-6-16(28-17)29-8-2-3-14(29)18(31)25-10-20(21,22)23/h4-7,9,14H,2-3,8,10H2,1H3,(H,25,31)(H,26,27,30)/t14-/m1/s1. The predicted molar refractivity (Wildman–Crippen MR) is 114 cm³/mol. The minimum absolute atomic E-state index is 0.209. The monoisotopic (exact) mass is 464 g/mol. The van der Waals surface area contributed by atoms with Crippen LogP contribution in [0.3, 0.4) is 0 Å². The average Bonchev–Trinajstić information content (AvgIpc) is 3.37. The number of anilines is 2. The maximum Gasteiger partial charge on any atom is 0.405 e. The van der Waals surface area contributed by atoms with Crippen molar-refractivity contribution in [1.29, 1.82) is 0 Å². The molecule has 0 unspecified atom stereocenters. The fourth-order valence-electron chi connectivity index (χ4n) is 3.53. The number of carbonyl (C=O) groups excluding carboxylic acids is 2. The summed E-state index contributed by atoms with van der Waals surface area (Å²) in [6.45, 7) is 0.556. The molecule has 3 heterocycles. The van der Waals surface area contributed by atoms with Crippen molar-refractivity contribution in [3.05, 3.63) is 30.5 Å². The van der Waals surface area contributed by atoms with Crippen LogP contribution in [0.25, 0.3) is 21.6 Å². The second kappa shape index (κ2) is 8.69. The molecular weight excluding hydrogens is 445 g/mol. The Bertz CT molecular complexity index is 1170. The van der Waals surface area contributed by atoms with E-state index in [0.29, 0.717) is 36.2 Å². The van der Waals surface area contributed by atoms with E-state index in [0.717, 1.165) is 15.8 Å². The first kappa shape index (κ1) is 21.9. The first-order valence-electron chi connectivity index (χ1n) is 9.82. The fourth-order valence-corrected chi connectivity index (χ4v) is 4.49. The van der Waals surface area contributed by atoms with E-state index in [1.54, 1.807) is 29.3 Å². The molecule has 4 rings (SSSR count). The molecule has 0 bridgehead atoms. The lowest BCUT2D eigenvalue weighted by molar-refractivity contribution is -0.139. The van der Waals surface area contributed by atoms with Gasteiger partial charge in [-0.15, -0.1) is 0 Å². The zero-order valence-electron chi connectivity index (χ0n) is 16.9. The summed E-state index contributed by atoms with van der Waals surface area (Å²) in [6, 6.07) is 6.37. The minimum Gasteiger partial charge on any atom is -0.345 e. The summed E-state index contributed by atoms with van der Waals surface area (Å²) in [6.07, 6.45) is -1.79. The Kier molecular flexibility index (Phi) is 5.96. The van der Waals surface area contributed by atoms with Gasteiger partial charge in [-0.2, -0.15) is 13.2 Å². The van der Waals surface area contributed by atoms with E-state index in [1.807, 2.05) is 11.4 Å². The molecule has 32 heavy (non-hydrogen) atoms. The Morgan fingerprint density at radius 3 is 2.81 bits per heavy atom. The number of aromatic nitrogens is 3. The number of carbonyl (C=O) groups is 2. The Morgan fingerprint density at radius 1 is 1.25 bits per heavy atom. The van der Waals surface area contributed by atoms with Crippen molar-refractivity contribution >= 4 is 44.3 Å². The van der Waals surface area contributed by atoms with Crippen LogP contribution in [0, 0.1) is 0 Å². The molecule has 0 saturated carbocycles. The zero-order chi connectivity index (χ0) is 22.9. The Morgan fingerprint density at radius 2 is 2.06 bits per heavy atom. The van der Waals surface area contributed by atoms with Gasteiger partial charge in [0.05, 0.1) is 10.2 Å². The molecule has 12 heteroatoms. The highest BCUT2D eigenvalue weighted by molar-refractivity contribution is 7.22. The van der Waals surface area contributed by atoms with Crippen molar-refractivity contribution in [2.75, 3.05) is 23.3 Å². The molecule has 8 nitrogen and oxygen atoms in total. The maximum atomic E-state index is 12.5. The second-order valence-corrected chi connectivity index (χ2v) is 8.34. The highest BCUT2D eigenvalue weighted by atomic mass is 32.1. The lowest BCUT2D eigenvalue weighted by Crippen LogP contribution is -2.46. The molecule has 168 valence electrons. The Balaban J connectivity index is 1.56. The van der Waals surface area contributed by atoms with E-state index in [-0.39, 0.29) is 5.91 Å².